The molecule has 4 heteroatoms. The van der Waals surface area contributed by atoms with Crippen LogP contribution in [0.25, 0.3) is 0 Å². The highest BCUT2D eigenvalue weighted by molar-refractivity contribution is 9.10. The number of aliphatic hydroxyl groups excluding tert-OH is 2. The van der Waals surface area contributed by atoms with Gasteiger partial charge >= 0.3 is 0 Å². The fraction of sp³-hybridized carbons (Fsp3) is 0.333. The van der Waals surface area contributed by atoms with Crippen LogP contribution < -0.4 is 4.74 Å². The fourth-order valence-corrected chi connectivity index (χ4v) is 1.55. The van der Waals surface area contributed by atoms with Gasteiger partial charge in [-0.25, -0.2) is 0 Å². The number of hydrogen-bond donors (Lipinski definition) is 2. The number of hydrogen-bond acceptors (Lipinski definition) is 3. The minimum Gasteiger partial charge on any atom is -0.496 e. The van der Waals surface area contributed by atoms with E-state index in [0.29, 0.717) is 11.3 Å². The van der Waals surface area contributed by atoms with E-state index in [-0.39, 0.29) is 6.61 Å². The molecule has 0 radical (unpaired) electrons. The number of rotatable bonds is 3. The quantitative estimate of drug-likeness (QED) is 0.850. The van der Waals surface area contributed by atoms with Gasteiger partial charge in [0.15, 0.2) is 0 Å². The van der Waals surface area contributed by atoms with Crippen LogP contribution in [0.2, 0.25) is 0 Å². The van der Waals surface area contributed by atoms with Gasteiger partial charge in [-0.1, -0.05) is 6.07 Å². The largest absolute Gasteiger partial charge is 0.496 e. The topological polar surface area (TPSA) is 49.7 Å². The van der Waals surface area contributed by atoms with Gasteiger partial charge in [0.1, 0.15) is 11.9 Å². The molecule has 1 unspecified atom stereocenters. The third kappa shape index (κ3) is 2.43. The summed E-state index contributed by atoms with van der Waals surface area (Å²) < 4.78 is 5.79. The molecule has 0 saturated carbocycles. The molecule has 0 aliphatic heterocycles. The molecule has 0 saturated heterocycles. The third-order valence-corrected chi connectivity index (χ3v) is 2.35. The highest BCUT2D eigenvalue weighted by Gasteiger charge is 2.08. The molecular weight excluding hydrogens is 236 g/mol. The van der Waals surface area contributed by atoms with Gasteiger partial charge in [-0.3, -0.25) is 0 Å². The number of methoxy groups -OCH3 is 1. The van der Waals surface area contributed by atoms with E-state index in [0.717, 1.165) is 4.47 Å². The Bertz CT molecular complexity index is 288. The van der Waals surface area contributed by atoms with E-state index >= 15 is 0 Å². The number of halogens is 1. The molecule has 0 aromatic heterocycles. The van der Waals surface area contributed by atoms with Gasteiger partial charge in [0, 0.05) is 0 Å². The Hall–Kier alpha value is -0.580. The first-order valence-corrected chi connectivity index (χ1v) is 4.60. The highest BCUT2D eigenvalue weighted by Crippen LogP contribution is 2.27. The van der Waals surface area contributed by atoms with E-state index in [9.17, 15) is 5.11 Å². The lowest BCUT2D eigenvalue weighted by atomic mass is 10.1. The van der Waals surface area contributed by atoms with Crippen LogP contribution in [0.15, 0.2) is 22.7 Å². The molecular formula is C9H11BrO3. The van der Waals surface area contributed by atoms with Gasteiger partial charge in [-0.05, 0) is 33.6 Å². The minimum absolute atomic E-state index is 0.279. The molecule has 0 aliphatic carbocycles. The maximum Gasteiger partial charge on any atom is 0.133 e. The van der Waals surface area contributed by atoms with Crippen LogP contribution >= 0.6 is 15.9 Å². The zero-order valence-corrected chi connectivity index (χ0v) is 8.78. The van der Waals surface area contributed by atoms with Gasteiger partial charge in [0.25, 0.3) is 0 Å². The van der Waals surface area contributed by atoms with E-state index in [4.69, 9.17) is 9.84 Å². The first-order valence-electron chi connectivity index (χ1n) is 3.81. The van der Waals surface area contributed by atoms with Crippen LogP contribution in [0.3, 0.4) is 0 Å². The van der Waals surface area contributed by atoms with Gasteiger partial charge in [0.05, 0.1) is 18.2 Å². The predicted molar refractivity (Wildman–Crippen MR) is 52.7 cm³/mol. The summed E-state index contributed by atoms with van der Waals surface area (Å²) in [5.41, 5.74) is 0.662. The van der Waals surface area contributed by atoms with E-state index in [2.05, 4.69) is 15.9 Å². The lowest BCUT2D eigenvalue weighted by molar-refractivity contribution is 0.0955. The first-order chi connectivity index (χ1) is 6.19. The molecule has 1 rings (SSSR count). The van der Waals surface area contributed by atoms with Crippen molar-refractivity contribution in [3.05, 3.63) is 28.2 Å². The van der Waals surface area contributed by atoms with Crippen molar-refractivity contribution in [2.45, 2.75) is 6.10 Å². The second kappa shape index (κ2) is 4.60. The monoisotopic (exact) mass is 246 g/mol. The van der Waals surface area contributed by atoms with Crippen LogP contribution in [0.1, 0.15) is 11.7 Å². The summed E-state index contributed by atoms with van der Waals surface area (Å²) in [5.74, 6) is 0.703. The molecule has 0 aliphatic rings. The van der Waals surface area contributed by atoms with Gasteiger partial charge in [-0.15, -0.1) is 0 Å². The molecule has 3 nitrogen and oxygen atoms in total. The van der Waals surface area contributed by atoms with Crippen molar-refractivity contribution in [2.75, 3.05) is 13.7 Å². The lowest BCUT2D eigenvalue weighted by Gasteiger charge is -2.09. The highest BCUT2D eigenvalue weighted by atomic mass is 79.9. The molecule has 0 fully saturated rings. The minimum atomic E-state index is -0.831. The number of benzene rings is 1. The number of ether oxygens (including phenoxy) is 1. The maximum absolute atomic E-state index is 9.31. The summed E-state index contributed by atoms with van der Waals surface area (Å²) in [6.07, 6.45) is -0.831. The van der Waals surface area contributed by atoms with Crippen molar-refractivity contribution in [1.82, 2.24) is 0 Å². The van der Waals surface area contributed by atoms with Crippen molar-refractivity contribution < 1.29 is 14.9 Å². The maximum atomic E-state index is 9.31. The van der Waals surface area contributed by atoms with Crippen LogP contribution in [0.5, 0.6) is 5.75 Å². The van der Waals surface area contributed by atoms with Crippen molar-refractivity contribution in [3.8, 4) is 5.75 Å². The Kier molecular flexibility index (Phi) is 3.71. The van der Waals surface area contributed by atoms with E-state index < -0.39 is 6.10 Å². The standard InChI is InChI=1S/C9H11BrO3/c1-13-9-3-2-6(4-7(9)10)8(12)5-11/h2-4,8,11-12H,5H2,1H3. The van der Waals surface area contributed by atoms with Crippen molar-refractivity contribution in [2.24, 2.45) is 0 Å². The summed E-state index contributed by atoms with van der Waals surface area (Å²) in [6, 6.07) is 5.17. The van der Waals surface area contributed by atoms with Crippen molar-refractivity contribution >= 4 is 15.9 Å². The molecule has 0 bridgehead atoms. The molecule has 0 heterocycles. The van der Waals surface area contributed by atoms with Crippen LogP contribution in [0, 0.1) is 0 Å². The molecule has 1 aromatic rings. The average Bonchev–Trinajstić information content (AvgIpc) is 2.16. The van der Waals surface area contributed by atoms with Gasteiger partial charge in [0.2, 0.25) is 0 Å². The lowest BCUT2D eigenvalue weighted by Crippen LogP contribution is -2.02. The van der Waals surface area contributed by atoms with Gasteiger partial charge < -0.3 is 14.9 Å². The Labute approximate surface area is 85.1 Å². The smallest absolute Gasteiger partial charge is 0.133 e. The van der Waals surface area contributed by atoms with E-state index in [1.807, 2.05) is 0 Å². The van der Waals surface area contributed by atoms with Crippen LogP contribution in [-0.2, 0) is 0 Å². The fourth-order valence-electron chi connectivity index (χ4n) is 0.995. The van der Waals surface area contributed by atoms with Gasteiger partial charge in [-0.2, -0.15) is 0 Å². The molecule has 1 atom stereocenters. The zero-order chi connectivity index (χ0) is 9.84. The normalized spacial score (nSPS) is 12.6. The first kappa shape index (κ1) is 10.5. The molecule has 72 valence electrons. The summed E-state index contributed by atoms with van der Waals surface area (Å²) in [4.78, 5) is 0. The van der Waals surface area contributed by atoms with Crippen molar-refractivity contribution in [1.29, 1.82) is 0 Å². The zero-order valence-electron chi connectivity index (χ0n) is 7.20. The van der Waals surface area contributed by atoms with E-state index in [1.54, 1.807) is 25.3 Å². The molecule has 1 aromatic carbocycles. The van der Waals surface area contributed by atoms with Crippen LogP contribution in [-0.4, -0.2) is 23.9 Å². The SMILES string of the molecule is COc1ccc(C(O)CO)cc1Br. The summed E-state index contributed by atoms with van der Waals surface area (Å²) in [7, 11) is 1.57. The predicted octanol–water partition coefficient (Wildman–Crippen LogP) is 1.48. The summed E-state index contributed by atoms with van der Waals surface area (Å²) in [5, 5.41) is 18.0. The summed E-state index contributed by atoms with van der Waals surface area (Å²) >= 11 is 3.29. The number of aliphatic hydroxyl groups is 2. The molecule has 0 spiro atoms. The molecule has 2 N–H and O–H groups in total. The van der Waals surface area contributed by atoms with E-state index in [1.165, 1.54) is 0 Å². The summed E-state index contributed by atoms with van der Waals surface area (Å²) in [6.45, 7) is -0.279. The van der Waals surface area contributed by atoms with Crippen LogP contribution in [0.4, 0.5) is 0 Å². The second-order valence-corrected chi connectivity index (χ2v) is 3.45. The average molecular weight is 247 g/mol. The molecule has 13 heavy (non-hydrogen) atoms. The third-order valence-electron chi connectivity index (χ3n) is 1.73. The Morgan fingerprint density at radius 1 is 1.54 bits per heavy atom. The van der Waals surface area contributed by atoms with Crippen molar-refractivity contribution in [3.63, 3.8) is 0 Å². The Morgan fingerprint density at radius 3 is 2.69 bits per heavy atom. The Balaban J connectivity index is 2.95. The Morgan fingerprint density at radius 2 is 2.23 bits per heavy atom. The molecule has 0 amide bonds. The second-order valence-electron chi connectivity index (χ2n) is 2.59.